The summed E-state index contributed by atoms with van der Waals surface area (Å²) in [5.41, 5.74) is 2.24. The Hall–Kier alpha value is -3.07. The van der Waals surface area contributed by atoms with Gasteiger partial charge in [-0.1, -0.05) is 0 Å². The van der Waals surface area contributed by atoms with Gasteiger partial charge < -0.3 is 0 Å². The van der Waals surface area contributed by atoms with Crippen LogP contribution in [0.4, 0.5) is 0 Å². The molecular formula is C34H32BrO2P. The van der Waals surface area contributed by atoms with Crippen molar-refractivity contribution in [1.29, 1.82) is 0 Å². The Morgan fingerprint density at radius 2 is 0.737 bits per heavy atom. The van der Waals surface area contributed by atoms with Crippen LogP contribution in [-0.4, -0.2) is 12.5 Å². The Morgan fingerprint density at radius 1 is 0.447 bits per heavy atom. The molecule has 0 saturated carbocycles. The molecule has 38 heavy (non-hydrogen) atoms. The van der Waals surface area contributed by atoms with E-state index in [4.69, 9.17) is 9.47 Å². The first-order chi connectivity index (χ1) is 18.7. The van der Waals surface area contributed by atoms with Crippen molar-refractivity contribution in [3.8, 4) is 0 Å². The predicted molar refractivity (Wildman–Crippen MR) is 165 cm³/mol. The quantitative estimate of drug-likeness (QED) is 0.118. The molecule has 0 heterocycles. The predicted octanol–water partition coefficient (Wildman–Crippen LogP) is 7.59. The summed E-state index contributed by atoms with van der Waals surface area (Å²) >= 11 is 4.54. The van der Waals surface area contributed by atoms with Crippen LogP contribution in [-0.2, 0) is 22.7 Å². The van der Waals surface area contributed by atoms with Crippen molar-refractivity contribution in [2.24, 2.45) is 0 Å². The molecule has 0 aliphatic carbocycles. The van der Waals surface area contributed by atoms with E-state index in [1.165, 1.54) is 15.9 Å². The molecular weight excluding hydrogens is 551 g/mol. The Labute approximate surface area is 233 Å². The van der Waals surface area contributed by atoms with Gasteiger partial charge in [0.1, 0.15) is 0 Å². The molecule has 0 aromatic heterocycles. The molecule has 192 valence electrons. The fraction of sp³-hybridized carbons (Fsp3) is 0.118. The standard InChI is InChI=1S/C34H32BrO2P/c35-38(31-20-10-3-11-21-31,32-22-12-4-13-23-32,33-24-14-5-15-25-33)28-34(36-26-29-16-6-1-7-17-29)37-27-30-18-8-2-9-19-30/h1-25,34H,26-28H2. The summed E-state index contributed by atoms with van der Waals surface area (Å²) in [6.45, 7) is 0.941. The number of hydrogen-bond donors (Lipinski definition) is 0. The molecule has 0 aliphatic rings. The Bertz CT molecular complexity index is 1260. The zero-order valence-electron chi connectivity index (χ0n) is 21.3. The Kier molecular flexibility index (Phi) is 8.51. The SMILES string of the molecule is BrP(CC(OCc1ccccc1)OCc1ccccc1)(c1ccccc1)(c1ccccc1)c1ccccc1. The molecule has 2 nitrogen and oxygen atoms in total. The van der Waals surface area contributed by atoms with Crippen LogP contribution < -0.4 is 15.9 Å². The minimum atomic E-state index is -3.22. The van der Waals surface area contributed by atoms with E-state index >= 15 is 0 Å². The summed E-state index contributed by atoms with van der Waals surface area (Å²) in [5.74, 6) is 0. The number of rotatable bonds is 11. The summed E-state index contributed by atoms with van der Waals surface area (Å²) in [6, 6.07) is 52.9. The van der Waals surface area contributed by atoms with E-state index in [-0.39, 0.29) is 0 Å². The van der Waals surface area contributed by atoms with E-state index < -0.39 is 11.6 Å². The molecule has 0 spiro atoms. The van der Waals surface area contributed by atoms with Gasteiger partial charge in [-0.3, -0.25) is 0 Å². The zero-order chi connectivity index (χ0) is 26.1. The average Bonchev–Trinajstić information content (AvgIpc) is 3.01. The fourth-order valence-electron chi connectivity index (χ4n) is 4.94. The van der Waals surface area contributed by atoms with Crippen LogP contribution in [0.2, 0.25) is 0 Å². The second-order valence-corrected chi connectivity index (χ2v) is 18.4. The van der Waals surface area contributed by atoms with E-state index in [9.17, 15) is 0 Å². The molecule has 5 aromatic carbocycles. The van der Waals surface area contributed by atoms with E-state index in [2.05, 4.69) is 131 Å². The molecule has 0 radical (unpaired) electrons. The molecule has 4 heteroatoms. The van der Waals surface area contributed by atoms with E-state index in [0.29, 0.717) is 19.4 Å². The summed E-state index contributed by atoms with van der Waals surface area (Å²) in [7, 11) is 0. The van der Waals surface area contributed by atoms with Gasteiger partial charge in [0, 0.05) is 0 Å². The first-order valence-corrected chi connectivity index (χ1v) is 17.3. The van der Waals surface area contributed by atoms with Crippen LogP contribution in [0.3, 0.4) is 0 Å². The van der Waals surface area contributed by atoms with Crippen LogP contribution in [0.1, 0.15) is 11.1 Å². The van der Waals surface area contributed by atoms with Crippen LogP contribution in [0.25, 0.3) is 0 Å². The summed E-state index contributed by atoms with van der Waals surface area (Å²) in [4.78, 5) is 0. The third-order valence-electron chi connectivity index (χ3n) is 6.93. The third kappa shape index (κ3) is 5.67. The molecule has 5 rings (SSSR count). The minimum absolute atomic E-state index is 0.465. The molecule has 0 aliphatic heterocycles. The molecule has 0 N–H and O–H groups in total. The van der Waals surface area contributed by atoms with Gasteiger partial charge in [0.2, 0.25) is 0 Å². The summed E-state index contributed by atoms with van der Waals surface area (Å²) < 4.78 is 13.2. The molecule has 0 amide bonds. The van der Waals surface area contributed by atoms with E-state index in [1.54, 1.807) is 0 Å². The zero-order valence-corrected chi connectivity index (χ0v) is 23.8. The van der Waals surface area contributed by atoms with Gasteiger partial charge in [-0.25, -0.2) is 0 Å². The van der Waals surface area contributed by atoms with Crippen LogP contribution in [0.15, 0.2) is 152 Å². The van der Waals surface area contributed by atoms with Crippen LogP contribution in [0.5, 0.6) is 0 Å². The van der Waals surface area contributed by atoms with E-state index in [0.717, 1.165) is 11.1 Å². The van der Waals surface area contributed by atoms with Gasteiger partial charge in [-0.15, -0.1) is 0 Å². The van der Waals surface area contributed by atoms with Crippen molar-refractivity contribution in [1.82, 2.24) is 0 Å². The Balaban J connectivity index is 1.62. The first-order valence-electron chi connectivity index (χ1n) is 12.9. The topological polar surface area (TPSA) is 18.5 Å². The molecule has 0 saturated heterocycles. The van der Waals surface area contributed by atoms with Gasteiger partial charge >= 0.3 is 235 Å². The van der Waals surface area contributed by atoms with Gasteiger partial charge in [-0.05, 0) is 0 Å². The molecule has 0 fully saturated rings. The Morgan fingerprint density at radius 3 is 1.05 bits per heavy atom. The number of halogens is 1. The van der Waals surface area contributed by atoms with Crippen molar-refractivity contribution in [2.45, 2.75) is 19.5 Å². The van der Waals surface area contributed by atoms with Crippen molar-refractivity contribution < 1.29 is 9.47 Å². The monoisotopic (exact) mass is 582 g/mol. The van der Waals surface area contributed by atoms with Gasteiger partial charge in [0.25, 0.3) is 0 Å². The number of benzene rings is 5. The van der Waals surface area contributed by atoms with Gasteiger partial charge in [0.05, 0.1) is 0 Å². The molecule has 0 bridgehead atoms. The molecule has 0 atom stereocenters. The molecule has 0 unspecified atom stereocenters. The second kappa shape index (κ2) is 12.2. The summed E-state index contributed by atoms with van der Waals surface area (Å²) in [6.07, 6.45) is 0.177. The maximum atomic E-state index is 6.62. The normalized spacial score (nSPS) is 12.6. The average molecular weight is 584 g/mol. The number of ether oxygens (including phenoxy) is 2. The van der Waals surface area contributed by atoms with Crippen molar-refractivity contribution in [3.63, 3.8) is 0 Å². The van der Waals surface area contributed by atoms with Crippen molar-refractivity contribution in [2.75, 3.05) is 6.16 Å². The van der Waals surface area contributed by atoms with Crippen molar-refractivity contribution in [3.05, 3.63) is 163 Å². The summed E-state index contributed by atoms with van der Waals surface area (Å²) in [5, 5.41) is 0.504. The second-order valence-electron chi connectivity index (χ2n) is 9.39. The van der Waals surface area contributed by atoms with Crippen molar-refractivity contribution >= 4 is 36.7 Å². The third-order valence-corrected chi connectivity index (χ3v) is 16.6. The van der Waals surface area contributed by atoms with Crippen LogP contribution >= 0.6 is 20.8 Å². The van der Waals surface area contributed by atoms with E-state index in [1.807, 2.05) is 36.4 Å². The van der Waals surface area contributed by atoms with Crippen LogP contribution in [0, 0.1) is 0 Å². The number of hydrogen-bond acceptors (Lipinski definition) is 2. The maximum absolute atomic E-state index is 6.62. The van der Waals surface area contributed by atoms with Gasteiger partial charge in [0.15, 0.2) is 0 Å². The fourth-order valence-corrected chi connectivity index (χ4v) is 12.5. The first kappa shape index (κ1) is 26.5. The molecule has 5 aromatic rings. The van der Waals surface area contributed by atoms with Gasteiger partial charge in [-0.2, -0.15) is 0 Å².